The third-order valence-electron chi connectivity index (χ3n) is 1.90. The van der Waals surface area contributed by atoms with E-state index in [4.69, 9.17) is 0 Å². The number of aromatic nitrogens is 2. The molecule has 0 aliphatic heterocycles. The van der Waals surface area contributed by atoms with Crippen molar-refractivity contribution in [3.8, 4) is 0 Å². The predicted octanol–water partition coefficient (Wildman–Crippen LogP) is 2.81. The average molecular weight is 221 g/mol. The fourth-order valence-corrected chi connectivity index (χ4v) is 1.21. The first-order valence-electron chi connectivity index (χ1n) is 4.65. The molecular formula is C11H9F2N3. The Hall–Kier alpha value is -2.04. The van der Waals surface area contributed by atoms with E-state index in [1.165, 1.54) is 12.1 Å². The van der Waals surface area contributed by atoms with Crippen LogP contribution in [0.4, 0.5) is 20.4 Å². The van der Waals surface area contributed by atoms with Crippen molar-refractivity contribution in [2.45, 2.75) is 6.92 Å². The topological polar surface area (TPSA) is 37.8 Å². The zero-order chi connectivity index (χ0) is 11.5. The average Bonchev–Trinajstić information content (AvgIpc) is 2.20. The molecule has 0 bridgehead atoms. The number of hydrogen-bond donors (Lipinski definition) is 1. The number of hydrogen-bond acceptors (Lipinski definition) is 3. The molecule has 16 heavy (non-hydrogen) atoms. The first-order valence-corrected chi connectivity index (χ1v) is 4.65. The smallest absolute Gasteiger partial charge is 0.227 e. The van der Waals surface area contributed by atoms with Crippen molar-refractivity contribution in [3.05, 3.63) is 47.8 Å². The molecule has 2 aromatic rings. The third kappa shape index (κ3) is 2.50. The molecule has 5 heteroatoms. The van der Waals surface area contributed by atoms with Crippen molar-refractivity contribution >= 4 is 11.6 Å². The van der Waals surface area contributed by atoms with Gasteiger partial charge in [-0.2, -0.15) is 0 Å². The van der Waals surface area contributed by atoms with Crippen molar-refractivity contribution < 1.29 is 8.78 Å². The highest BCUT2D eigenvalue weighted by Gasteiger charge is 2.02. The Balaban J connectivity index is 2.23. The van der Waals surface area contributed by atoms with Crippen LogP contribution in [0.25, 0.3) is 0 Å². The van der Waals surface area contributed by atoms with E-state index in [2.05, 4.69) is 15.3 Å². The third-order valence-corrected chi connectivity index (χ3v) is 1.90. The van der Waals surface area contributed by atoms with Crippen molar-refractivity contribution in [1.29, 1.82) is 0 Å². The van der Waals surface area contributed by atoms with Gasteiger partial charge in [0, 0.05) is 24.1 Å². The van der Waals surface area contributed by atoms with E-state index in [9.17, 15) is 8.78 Å². The van der Waals surface area contributed by atoms with Crippen molar-refractivity contribution in [1.82, 2.24) is 9.97 Å². The van der Waals surface area contributed by atoms with Crippen LogP contribution in [0.3, 0.4) is 0 Å². The van der Waals surface area contributed by atoms with E-state index in [1.807, 2.05) is 6.92 Å². The summed E-state index contributed by atoms with van der Waals surface area (Å²) in [5.41, 5.74) is 1.19. The Kier molecular flexibility index (Phi) is 2.76. The maximum Gasteiger partial charge on any atom is 0.227 e. The molecule has 2 rings (SSSR count). The molecule has 0 aliphatic carbocycles. The van der Waals surface area contributed by atoms with Crippen LogP contribution in [-0.2, 0) is 0 Å². The van der Waals surface area contributed by atoms with Crippen LogP contribution < -0.4 is 5.32 Å². The largest absolute Gasteiger partial charge is 0.324 e. The Bertz CT molecular complexity index is 477. The first kappa shape index (κ1) is 10.5. The second-order valence-electron chi connectivity index (χ2n) is 3.37. The van der Waals surface area contributed by atoms with E-state index in [0.717, 1.165) is 11.6 Å². The van der Waals surface area contributed by atoms with Gasteiger partial charge in [0.1, 0.15) is 11.6 Å². The standard InChI is InChI=1S/C11H9F2N3/c1-7-5-14-11(15-6-7)16-10-3-8(12)2-9(13)4-10/h2-6H,1H3,(H,14,15,16). The molecule has 3 nitrogen and oxygen atoms in total. The molecule has 82 valence electrons. The lowest BCUT2D eigenvalue weighted by Crippen LogP contribution is -1.97. The minimum absolute atomic E-state index is 0.279. The van der Waals surface area contributed by atoms with Crippen LogP contribution in [0.15, 0.2) is 30.6 Å². The Morgan fingerprint density at radius 1 is 1.00 bits per heavy atom. The normalized spacial score (nSPS) is 10.2. The van der Waals surface area contributed by atoms with Gasteiger partial charge in [0.15, 0.2) is 0 Å². The van der Waals surface area contributed by atoms with Gasteiger partial charge in [-0.05, 0) is 24.6 Å². The minimum Gasteiger partial charge on any atom is -0.324 e. The van der Waals surface area contributed by atoms with Gasteiger partial charge >= 0.3 is 0 Å². The van der Waals surface area contributed by atoms with Gasteiger partial charge in [0.2, 0.25) is 5.95 Å². The molecule has 1 N–H and O–H groups in total. The Morgan fingerprint density at radius 2 is 1.56 bits per heavy atom. The van der Waals surface area contributed by atoms with E-state index in [-0.39, 0.29) is 5.69 Å². The fourth-order valence-electron chi connectivity index (χ4n) is 1.21. The maximum atomic E-state index is 12.9. The number of benzene rings is 1. The number of nitrogens with one attached hydrogen (secondary N) is 1. The SMILES string of the molecule is Cc1cnc(Nc2cc(F)cc(F)c2)nc1. The fraction of sp³-hybridized carbons (Fsp3) is 0.0909. The predicted molar refractivity (Wildman–Crippen MR) is 56.4 cm³/mol. The molecule has 1 aromatic heterocycles. The molecule has 0 amide bonds. The summed E-state index contributed by atoms with van der Waals surface area (Å²) in [6, 6.07) is 3.15. The van der Waals surface area contributed by atoms with E-state index in [0.29, 0.717) is 5.95 Å². The monoisotopic (exact) mass is 221 g/mol. The molecular weight excluding hydrogens is 212 g/mol. The van der Waals surface area contributed by atoms with Crippen LogP contribution in [0, 0.1) is 18.6 Å². The van der Waals surface area contributed by atoms with Crippen LogP contribution in [0.5, 0.6) is 0 Å². The van der Waals surface area contributed by atoms with Crippen molar-refractivity contribution in [2.24, 2.45) is 0 Å². The lowest BCUT2D eigenvalue weighted by atomic mass is 10.3. The molecule has 1 heterocycles. The van der Waals surface area contributed by atoms with Gasteiger partial charge in [-0.25, -0.2) is 18.7 Å². The zero-order valence-electron chi connectivity index (χ0n) is 8.54. The van der Waals surface area contributed by atoms with Crippen LogP contribution in [-0.4, -0.2) is 9.97 Å². The number of anilines is 2. The summed E-state index contributed by atoms with van der Waals surface area (Å²) < 4.78 is 25.7. The van der Waals surface area contributed by atoms with Crippen LogP contribution >= 0.6 is 0 Å². The molecule has 1 aromatic carbocycles. The zero-order valence-corrected chi connectivity index (χ0v) is 8.54. The molecule has 0 unspecified atom stereocenters. The van der Waals surface area contributed by atoms with E-state index in [1.54, 1.807) is 12.4 Å². The molecule has 0 saturated carbocycles. The van der Waals surface area contributed by atoms with Gasteiger partial charge in [-0.1, -0.05) is 0 Å². The molecule has 0 spiro atoms. The van der Waals surface area contributed by atoms with Gasteiger partial charge < -0.3 is 5.32 Å². The van der Waals surface area contributed by atoms with Crippen molar-refractivity contribution in [2.75, 3.05) is 5.32 Å². The Morgan fingerprint density at radius 3 is 2.12 bits per heavy atom. The first-order chi connectivity index (χ1) is 7.63. The van der Waals surface area contributed by atoms with Crippen molar-refractivity contribution in [3.63, 3.8) is 0 Å². The second kappa shape index (κ2) is 4.22. The number of rotatable bonds is 2. The van der Waals surface area contributed by atoms with Gasteiger partial charge in [-0.3, -0.25) is 0 Å². The summed E-state index contributed by atoms with van der Waals surface area (Å²) in [7, 11) is 0. The van der Waals surface area contributed by atoms with Gasteiger partial charge in [0.05, 0.1) is 0 Å². The minimum atomic E-state index is -0.644. The second-order valence-corrected chi connectivity index (χ2v) is 3.37. The van der Waals surface area contributed by atoms with E-state index < -0.39 is 11.6 Å². The van der Waals surface area contributed by atoms with Crippen LogP contribution in [0.2, 0.25) is 0 Å². The quantitative estimate of drug-likeness (QED) is 0.847. The number of nitrogens with zero attached hydrogens (tertiary/aromatic N) is 2. The Labute approximate surface area is 91.2 Å². The summed E-state index contributed by atoms with van der Waals surface area (Å²) in [6.07, 6.45) is 3.23. The summed E-state index contributed by atoms with van der Waals surface area (Å²) in [5.74, 6) is -0.986. The molecule has 0 aliphatic rings. The maximum absolute atomic E-state index is 12.9. The summed E-state index contributed by atoms with van der Waals surface area (Å²) in [6.45, 7) is 1.85. The molecule has 0 fully saturated rings. The van der Waals surface area contributed by atoms with Crippen LogP contribution in [0.1, 0.15) is 5.56 Å². The lowest BCUT2D eigenvalue weighted by Gasteiger charge is -2.04. The molecule has 0 atom stereocenters. The number of halogens is 2. The van der Waals surface area contributed by atoms with E-state index >= 15 is 0 Å². The van der Waals surface area contributed by atoms with Gasteiger partial charge in [0.25, 0.3) is 0 Å². The summed E-state index contributed by atoms with van der Waals surface area (Å²) in [4.78, 5) is 7.93. The molecule has 0 radical (unpaired) electrons. The molecule has 0 saturated heterocycles. The summed E-state index contributed by atoms with van der Waals surface area (Å²) in [5, 5.41) is 2.71. The highest BCUT2D eigenvalue weighted by Crippen LogP contribution is 2.16. The highest BCUT2D eigenvalue weighted by atomic mass is 19.1. The number of aryl methyl sites for hydroxylation is 1. The van der Waals surface area contributed by atoms with Gasteiger partial charge in [-0.15, -0.1) is 0 Å². The summed E-state index contributed by atoms with van der Waals surface area (Å²) >= 11 is 0. The lowest BCUT2D eigenvalue weighted by molar-refractivity contribution is 0.584. The highest BCUT2D eigenvalue weighted by molar-refractivity contribution is 5.52.